The largest absolute Gasteiger partial charge is 0.349 e. The van der Waals surface area contributed by atoms with Gasteiger partial charge in [0.15, 0.2) is 0 Å². The Kier molecular flexibility index (Phi) is 5.68. The molecule has 24 heavy (non-hydrogen) atoms. The molecule has 2 amide bonds. The van der Waals surface area contributed by atoms with Crippen molar-refractivity contribution in [1.82, 2.24) is 10.2 Å². The number of nitrogens with zero attached hydrogens (tertiary/aromatic N) is 1. The van der Waals surface area contributed by atoms with Crippen molar-refractivity contribution >= 4 is 17.9 Å². The average molecular weight is 326 g/mol. The molecule has 1 aromatic rings. The first-order valence-electron chi connectivity index (χ1n) is 9.10. The van der Waals surface area contributed by atoms with Gasteiger partial charge in [-0.25, -0.2) is 0 Å². The summed E-state index contributed by atoms with van der Waals surface area (Å²) >= 11 is 0. The summed E-state index contributed by atoms with van der Waals surface area (Å²) in [6.45, 7) is 1.73. The van der Waals surface area contributed by atoms with Crippen molar-refractivity contribution in [2.75, 3.05) is 13.1 Å². The molecule has 0 spiro atoms. The predicted molar refractivity (Wildman–Crippen MR) is 95.6 cm³/mol. The molecule has 1 saturated heterocycles. The number of rotatable bonds is 4. The maximum Gasteiger partial charge on any atom is 0.251 e. The van der Waals surface area contributed by atoms with Crippen LogP contribution in [0.4, 0.5) is 0 Å². The zero-order valence-corrected chi connectivity index (χ0v) is 14.2. The smallest absolute Gasteiger partial charge is 0.251 e. The summed E-state index contributed by atoms with van der Waals surface area (Å²) in [4.78, 5) is 26.2. The fourth-order valence-corrected chi connectivity index (χ4v) is 2.98. The highest BCUT2D eigenvalue weighted by Gasteiger charge is 2.23. The van der Waals surface area contributed by atoms with Crippen LogP contribution in [0.1, 0.15) is 60.9 Å². The van der Waals surface area contributed by atoms with Crippen molar-refractivity contribution in [2.45, 2.75) is 51.0 Å². The number of benzene rings is 1. The van der Waals surface area contributed by atoms with Gasteiger partial charge >= 0.3 is 0 Å². The molecule has 0 atom stereocenters. The molecule has 1 saturated carbocycles. The lowest BCUT2D eigenvalue weighted by molar-refractivity contribution is -0.126. The van der Waals surface area contributed by atoms with Crippen LogP contribution in [0, 0.1) is 0 Å². The van der Waals surface area contributed by atoms with Gasteiger partial charge in [-0.3, -0.25) is 9.59 Å². The normalized spacial score (nSPS) is 18.9. The van der Waals surface area contributed by atoms with Crippen molar-refractivity contribution in [3.63, 3.8) is 0 Å². The van der Waals surface area contributed by atoms with Crippen LogP contribution in [0.5, 0.6) is 0 Å². The molecule has 2 aliphatic rings. The summed E-state index contributed by atoms with van der Waals surface area (Å²) in [5.41, 5.74) is 1.62. The highest BCUT2D eigenvalue weighted by Crippen LogP contribution is 2.19. The van der Waals surface area contributed by atoms with Crippen LogP contribution in [0.2, 0.25) is 0 Å². The predicted octanol–water partition coefficient (Wildman–Crippen LogP) is 3.38. The van der Waals surface area contributed by atoms with E-state index in [9.17, 15) is 9.59 Å². The topological polar surface area (TPSA) is 49.4 Å². The van der Waals surface area contributed by atoms with Gasteiger partial charge in [0.25, 0.3) is 5.91 Å². The number of hydrogen-bond donors (Lipinski definition) is 1. The minimum absolute atomic E-state index is 0.00950. The van der Waals surface area contributed by atoms with Crippen molar-refractivity contribution in [1.29, 1.82) is 0 Å². The van der Waals surface area contributed by atoms with Gasteiger partial charge in [0.2, 0.25) is 5.91 Å². The van der Waals surface area contributed by atoms with E-state index in [-0.39, 0.29) is 11.8 Å². The summed E-state index contributed by atoms with van der Waals surface area (Å²) in [6, 6.07) is 7.78. The van der Waals surface area contributed by atoms with Gasteiger partial charge in [0.05, 0.1) is 0 Å². The molecule has 0 unspecified atom stereocenters. The first-order chi connectivity index (χ1) is 11.7. The van der Waals surface area contributed by atoms with E-state index < -0.39 is 0 Å². The van der Waals surface area contributed by atoms with Gasteiger partial charge in [0, 0.05) is 30.8 Å². The van der Waals surface area contributed by atoms with Gasteiger partial charge in [-0.05, 0) is 49.5 Å². The number of carbonyl (C=O) groups is 2. The number of nitrogens with one attached hydrogen (secondary N) is 1. The molecule has 0 radical (unpaired) electrons. The number of likely N-dealkylation sites (tertiary alicyclic amines) is 1. The number of amides is 2. The maximum atomic E-state index is 12.3. The summed E-state index contributed by atoms with van der Waals surface area (Å²) < 4.78 is 0. The van der Waals surface area contributed by atoms with Crippen LogP contribution >= 0.6 is 0 Å². The van der Waals surface area contributed by atoms with E-state index in [1.54, 1.807) is 6.08 Å². The third kappa shape index (κ3) is 4.95. The Morgan fingerprint density at radius 2 is 1.58 bits per heavy atom. The van der Waals surface area contributed by atoms with Crippen LogP contribution in [0.3, 0.4) is 0 Å². The van der Waals surface area contributed by atoms with Crippen LogP contribution in [-0.4, -0.2) is 35.8 Å². The Balaban J connectivity index is 1.54. The lowest BCUT2D eigenvalue weighted by atomic mass is 10.1. The summed E-state index contributed by atoms with van der Waals surface area (Å²) in [7, 11) is 0. The highest BCUT2D eigenvalue weighted by atomic mass is 16.2. The molecular weight excluding hydrogens is 300 g/mol. The molecule has 1 aliphatic heterocycles. The zero-order chi connectivity index (χ0) is 16.8. The van der Waals surface area contributed by atoms with Crippen LogP contribution in [0.15, 0.2) is 30.3 Å². The fourth-order valence-electron chi connectivity index (χ4n) is 2.98. The van der Waals surface area contributed by atoms with E-state index in [4.69, 9.17) is 0 Å². The Labute approximate surface area is 143 Å². The second-order valence-electron chi connectivity index (χ2n) is 6.80. The molecule has 1 heterocycles. The molecule has 1 aromatic carbocycles. The Hall–Kier alpha value is -2.10. The van der Waals surface area contributed by atoms with Crippen molar-refractivity contribution in [3.8, 4) is 0 Å². The molecule has 128 valence electrons. The van der Waals surface area contributed by atoms with E-state index in [0.29, 0.717) is 11.6 Å². The SMILES string of the molecule is O=C(NC1CC1)c1ccc(/C=C/C(=O)N2CCCCCCC2)cc1. The first-order valence-corrected chi connectivity index (χ1v) is 9.10. The Morgan fingerprint density at radius 1 is 0.958 bits per heavy atom. The summed E-state index contributed by atoms with van der Waals surface area (Å²) in [5, 5.41) is 2.98. The third-order valence-corrected chi connectivity index (χ3v) is 4.67. The van der Waals surface area contributed by atoms with Gasteiger partial charge in [-0.15, -0.1) is 0 Å². The van der Waals surface area contributed by atoms with Crippen molar-refractivity contribution in [3.05, 3.63) is 41.5 Å². The lowest BCUT2D eigenvalue weighted by Crippen LogP contribution is -2.32. The number of carbonyl (C=O) groups excluding carboxylic acids is 2. The molecule has 0 aromatic heterocycles. The summed E-state index contributed by atoms with van der Waals surface area (Å²) in [5.74, 6) is 0.0807. The monoisotopic (exact) mass is 326 g/mol. The van der Waals surface area contributed by atoms with Gasteiger partial charge < -0.3 is 10.2 Å². The molecule has 1 aliphatic carbocycles. The second-order valence-corrected chi connectivity index (χ2v) is 6.80. The minimum Gasteiger partial charge on any atom is -0.349 e. The van der Waals surface area contributed by atoms with Gasteiger partial charge in [-0.1, -0.05) is 31.4 Å². The molecule has 2 fully saturated rings. The van der Waals surface area contributed by atoms with Gasteiger partial charge in [0.1, 0.15) is 0 Å². The standard InChI is InChI=1S/C20H26N2O2/c23-19(22-14-4-2-1-3-5-15-22)13-8-16-6-9-17(10-7-16)20(24)21-18-11-12-18/h6-10,13,18H,1-5,11-12,14-15H2,(H,21,24)/b13-8+. The molecule has 4 nitrogen and oxygen atoms in total. The maximum absolute atomic E-state index is 12.3. The van der Waals surface area contributed by atoms with Crippen molar-refractivity contribution in [2.24, 2.45) is 0 Å². The lowest BCUT2D eigenvalue weighted by Gasteiger charge is -2.23. The number of hydrogen-bond acceptors (Lipinski definition) is 2. The molecule has 0 bridgehead atoms. The minimum atomic E-state index is -0.00950. The van der Waals surface area contributed by atoms with Crippen LogP contribution in [0.25, 0.3) is 6.08 Å². The van der Waals surface area contributed by atoms with Crippen molar-refractivity contribution < 1.29 is 9.59 Å². The van der Waals surface area contributed by atoms with E-state index >= 15 is 0 Å². The molecule has 4 heteroatoms. The van der Waals surface area contributed by atoms with Gasteiger partial charge in [-0.2, -0.15) is 0 Å². The second kappa shape index (κ2) is 8.13. The van der Waals surface area contributed by atoms with E-state index in [2.05, 4.69) is 5.32 Å². The highest BCUT2D eigenvalue weighted by molar-refractivity contribution is 5.95. The Bertz CT molecular complexity index is 595. The Morgan fingerprint density at radius 3 is 2.21 bits per heavy atom. The molecular formula is C20H26N2O2. The van der Waals surface area contributed by atoms with E-state index in [1.165, 1.54) is 19.3 Å². The molecule has 1 N–H and O–H groups in total. The molecule has 3 rings (SSSR count). The fraction of sp³-hybridized carbons (Fsp3) is 0.500. The van der Waals surface area contributed by atoms with Crippen LogP contribution in [-0.2, 0) is 4.79 Å². The van der Waals surface area contributed by atoms with Crippen LogP contribution < -0.4 is 5.32 Å². The van der Waals surface area contributed by atoms with E-state index in [1.807, 2.05) is 35.2 Å². The summed E-state index contributed by atoms with van der Waals surface area (Å²) in [6.07, 6.45) is 11.6. The average Bonchev–Trinajstić information content (AvgIpc) is 3.37. The quantitative estimate of drug-likeness (QED) is 0.862. The zero-order valence-electron chi connectivity index (χ0n) is 14.2. The first kappa shape index (κ1) is 16.7. The third-order valence-electron chi connectivity index (χ3n) is 4.67. The van der Waals surface area contributed by atoms with E-state index in [0.717, 1.165) is 44.3 Å².